The summed E-state index contributed by atoms with van der Waals surface area (Å²) in [5.74, 6) is 0. The zero-order valence-corrected chi connectivity index (χ0v) is 15.7. The number of hydrogen-bond acceptors (Lipinski definition) is 3. The number of piperazine rings is 1. The fourth-order valence-corrected chi connectivity index (χ4v) is 4.34. The van der Waals surface area contributed by atoms with E-state index < -0.39 is 0 Å². The Morgan fingerprint density at radius 1 is 1.08 bits per heavy atom. The monoisotopic (exact) mass is 363 g/mol. The van der Waals surface area contributed by atoms with E-state index in [0.717, 1.165) is 54.3 Å². The number of nitrogens with zero attached hydrogens (tertiary/aromatic N) is 3. The Morgan fingerprint density at radius 3 is 2.62 bits per heavy atom. The first-order chi connectivity index (χ1) is 12.7. The van der Waals surface area contributed by atoms with E-state index in [2.05, 4.69) is 59.3 Å². The summed E-state index contributed by atoms with van der Waals surface area (Å²) in [5.41, 5.74) is 5.83. The van der Waals surface area contributed by atoms with Gasteiger partial charge in [-0.15, -0.1) is 0 Å². The Balaban J connectivity index is 1.88. The van der Waals surface area contributed by atoms with Gasteiger partial charge in [-0.25, -0.2) is 0 Å². The maximum Gasteiger partial charge on any atom is 0.0918 e. The molecule has 1 fully saturated rings. The predicted octanol–water partition coefficient (Wildman–Crippen LogP) is 4.14. The van der Waals surface area contributed by atoms with Gasteiger partial charge in [-0.05, 0) is 53.4 Å². The van der Waals surface area contributed by atoms with Gasteiger partial charge in [0.15, 0.2) is 0 Å². The lowest BCUT2D eigenvalue weighted by atomic mass is 9.93. The Kier molecular flexibility index (Phi) is 4.82. The molecule has 132 valence electrons. The van der Waals surface area contributed by atoms with Gasteiger partial charge in [0.1, 0.15) is 0 Å². The molecule has 0 saturated carbocycles. The number of likely N-dealkylation sites (N-methyl/N-ethyl adjacent to an activating group) is 1. The van der Waals surface area contributed by atoms with Crippen molar-refractivity contribution < 1.29 is 0 Å². The second-order valence-corrected chi connectivity index (χ2v) is 7.57. The molecule has 4 heteroatoms. The molecule has 2 aromatic carbocycles. The van der Waals surface area contributed by atoms with E-state index in [-0.39, 0.29) is 6.04 Å². The van der Waals surface area contributed by atoms with Crippen LogP contribution in [0.5, 0.6) is 0 Å². The number of rotatable bonds is 1. The van der Waals surface area contributed by atoms with Crippen LogP contribution in [0, 0.1) is 11.3 Å². The van der Waals surface area contributed by atoms with Crippen LogP contribution in [0.1, 0.15) is 28.3 Å². The Morgan fingerprint density at radius 2 is 1.85 bits per heavy atom. The number of fused-ring (bicyclic) bond motifs is 2. The summed E-state index contributed by atoms with van der Waals surface area (Å²) >= 11 is 6.38. The summed E-state index contributed by atoms with van der Waals surface area (Å²) in [4.78, 5) is 4.95. The quantitative estimate of drug-likeness (QED) is 0.713. The van der Waals surface area contributed by atoms with Crippen LogP contribution in [0.15, 0.2) is 48.5 Å². The molecule has 1 atom stereocenters. The summed E-state index contributed by atoms with van der Waals surface area (Å²) in [6, 6.07) is 17.1. The van der Waals surface area contributed by atoms with Crippen LogP contribution < -0.4 is 0 Å². The van der Waals surface area contributed by atoms with Crippen LogP contribution in [0.3, 0.4) is 0 Å². The second kappa shape index (κ2) is 7.25. The van der Waals surface area contributed by atoms with Gasteiger partial charge in [0.05, 0.1) is 6.07 Å². The third-order valence-corrected chi connectivity index (χ3v) is 5.81. The molecule has 0 radical (unpaired) electrons. The van der Waals surface area contributed by atoms with E-state index in [1.807, 2.05) is 6.07 Å². The highest BCUT2D eigenvalue weighted by atomic mass is 35.5. The summed E-state index contributed by atoms with van der Waals surface area (Å²) in [5, 5.41) is 10.1. The van der Waals surface area contributed by atoms with Crippen molar-refractivity contribution in [3.63, 3.8) is 0 Å². The van der Waals surface area contributed by atoms with Crippen molar-refractivity contribution in [3.8, 4) is 6.07 Å². The molecule has 1 saturated heterocycles. The van der Waals surface area contributed by atoms with Gasteiger partial charge in [0.2, 0.25) is 0 Å². The van der Waals surface area contributed by atoms with Crippen molar-refractivity contribution in [2.24, 2.45) is 0 Å². The van der Waals surface area contributed by atoms with Crippen molar-refractivity contribution in [3.05, 3.63) is 75.8 Å². The molecule has 4 rings (SSSR count). The second-order valence-electron chi connectivity index (χ2n) is 7.13. The van der Waals surface area contributed by atoms with Crippen LogP contribution in [-0.4, -0.2) is 43.0 Å². The molecule has 1 aliphatic carbocycles. The number of benzene rings is 2. The third-order valence-electron chi connectivity index (χ3n) is 5.57. The molecule has 1 unspecified atom stereocenters. The van der Waals surface area contributed by atoms with Crippen LogP contribution in [-0.2, 0) is 6.42 Å². The van der Waals surface area contributed by atoms with Gasteiger partial charge in [0.25, 0.3) is 0 Å². The number of nitriles is 1. The highest BCUT2D eigenvalue weighted by Gasteiger charge is 2.30. The van der Waals surface area contributed by atoms with Gasteiger partial charge in [-0.1, -0.05) is 41.9 Å². The molecule has 0 spiro atoms. The zero-order valence-electron chi connectivity index (χ0n) is 15.0. The highest BCUT2D eigenvalue weighted by Crippen LogP contribution is 2.41. The lowest BCUT2D eigenvalue weighted by Gasteiger charge is -2.38. The van der Waals surface area contributed by atoms with Gasteiger partial charge >= 0.3 is 0 Å². The van der Waals surface area contributed by atoms with Gasteiger partial charge in [-0.3, -0.25) is 4.90 Å². The molecule has 0 bridgehead atoms. The molecule has 1 aliphatic heterocycles. The zero-order chi connectivity index (χ0) is 18.1. The SMILES string of the molecule is CN1CCN(C2Cc3ccccc3/C(=C/C#N)c3ccc(Cl)cc32)CC1. The molecule has 0 amide bonds. The number of allylic oxidation sites excluding steroid dienone is 1. The normalized spacial score (nSPS) is 22.3. The molecule has 26 heavy (non-hydrogen) atoms. The standard InChI is InChI=1S/C22H22ClN3/c1-25-10-12-26(13-11-25)22-14-16-4-2-3-5-18(16)20(8-9-24)19-7-6-17(23)15-21(19)22/h2-8,15,22H,10-14H2,1H3/b20-8-. The van der Waals surface area contributed by atoms with Crippen molar-refractivity contribution in [2.45, 2.75) is 12.5 Å². The maximum absolute atomic E-state index is 9.39. The predicted molar refractivity (Wildman–Crippen MR) is 106 cm³/mol. The van der Waals surface area contributed by atoms with E-state index in [9.17, 15) is 5.26 Å². The van der Waals surface area contributed by atoms with E-state index in [1.54, 1.807) is 6.08 Å². The van der Waals surface area contributed by atoms with Crippen molar-refractivity contribution >= 4 is 17.2 Å². The minimum absolute atomic E-state index is 0.281. The summed E-state index contributed by atoms with van der Waals surface area (Å²) < 4.78 is 0. The van der Waals surface area contributed by atoms with Gasteiger partial charge in [0, 0.05) is 43.3 Å². The molecule has 1 heterocycles. The smallest absolute Gasteiger partial charge is 0.0918 e. The minimum Gasteiger partial charge on any atom is -0.304 e. The van der Waals surface area contributed by atoms with E-state index in [4.69, 9.17) is 11.6 Å². The third kappa shape index (κ3) is 3.17. The highest BCUT2D eigenvalue weighted by molar-refractivity contribution is 6.30. The minimum atomic E-state index is 0.281. The van der Waals surface area contributed by atoms with Crippen LogP contribution in [0.25, 0.3) is 5.57 Å². The fourth-order valence-electron chi connectivity index (χ4n) is 4.16. The van der Waals surface area contributed by atoms with Crippen molar-refractivity contribution in [1.29, 1.82) is 5.26 Å². The number of hydrogen-bond donors (Lipinski definition) is 0. The molecule has 0 aromatic heterocycles. The fraction of sp³-hybridized carbons (Fsp3) is 0.318. The summed E-state index contributed by atoms with van der Waals surface area (Å²) in [6.45, 7) is 4.25. The topological polar surface area (TPSA) is 30.3 Å². The molecule has 2 aromatic rings. The molecular weight excluding hydrogens is 342 g/mol. The van der Waals surface area contributed by atoms with Crippen LogP contribution >= 0.6 is 11.6 Å². The molecule has 2 aliphatic rings. The first kappa shape index (κ1) is 17.3. The average molecular weight is 364 g/mol. The van der Waals surface area contributed by atoms with E-state index in [1.165, 1.54) is 11.1 Å². The summed E-state index contributed by atoms with van der Waals surface area (Å²) in [6.07, 6.45) is 2.62. The largest absolute Gasteiger partial charge is 0.304 e. The van der Waals surface area contributed by atoms with Crippen molar-refractivity contribution in [2.75, 3.05) is 33.2 Å². The van der Waals surface area contributed by atoms with Crippen molar-refractivity contribution in [1.82, 2.24) is 9.80 Å². The molecule has 0 N–H and O–H groups in total. The van der Waals surface area contributed by atoms with Crippen LogP contribution in [0.4, 0.5) is 0 Å². The Labute approximate surface area is 160 Å². The van der Waals surface area contributed by atoms with E-state index >= 15 is 0 Å². The maximum atomic E-state index is 9.39. The molecular formula is C22H22ClN3. The first-order valence-electron chi connectivity index (χ1n) is 9.08. The van der Waals surface area contributed by atoms with E-state index in [0.29, 0.717) is 0 Å². The van der Waals surface area contributed by atoms with Gasteiger partial charge in [-0.2, -0.15) is 5.26 Å². The van der Waals surface area contributed by atoms with Gasteiger partial charge < -0.3 is 4.90 Å². The first-order valence-corrected chi connectivity index (χ1v) is 9.45. The van der Waals surface area contributed by atoms with Crippen LogP contribution in [0.2, 0.25) is 5.02 Å². The number of halogens is 1. The Bertz CT molecular complexity index is 889. The summed E-state index contributed by atoms with van der Waals surface area (Å²) in [7, 11) is 2.18. The lowest BCUT2D eigenvalue weighted by Crippen LogP contribution is -2.46. The lowest BCUT2D eigenvalue weighted by molar-refractivity contribution is 0.111. The average Bonchev–Trinajstić information content (AvgIpc) is 2.78. The molecule has 3 nitrogen and oxygen atoms in total. The Hall–Kier alpha value is -2.12.